The van der Waals surface area contributed by atoms with Crippen LogP contribution in [-0.2, 0) is 14.6 Å². The number of alkyl carbamates (subject to hydrolysis) is 1. The minimum Gasteiger partial charge on any atom is -0.493 e. The molecule has 0 unspecified atom stereocenters. The molecule has 0 radical (unpaired) electrons. The van der Waals surface area contributed by atoms with Crippen molar-refractivity contribution in [2.24, 2.45) is 0 Å². The number of rotatable bonds is 9. The Labute approximate surface area is 234 Å². The fraction of sp³-hybridized carbons (Fsp3) is 0.345. The predicted molar refractivity (Wildman–Crippen MR) is 153 cm³/mol. The highest BCUT2D eigenvalue weighted by molar-refractivity contribution is 7.90. The highest BCUT2D eigenvalue weighted by Gasteiger charge is 2.17. The zero-order valence-electron chi connectivity index (χ0n) is 23.5. The van der Waals surface area contributed by atoms with E-state index in [0.29, 0.717) is 42.4 Å². The average molecular weight is 567 g/mol. The number of hydrogen-bond acceptors (Lipinski definition) is 8. The van der Waals surface area contributed by atoms with E-state index in [1.54, 1.807) is 35.9 Å². The van der Waals surface area contributed by atoms with Crippen molar-refractivity contribution in [3.63, 3.8) is 0 Å². The first kappa shape index (κ1) is 28.9. The summed E-state index contributed by atoms with van der Waals surface area (Å²) in [5.41, 5.74) is 4.02. The summed E-state index contributed by atoms with van der Waals surface area (Å²) in [5, 5.41) is 7.55. The van der Waals surface area contributed by atoms with Crippen LogP contribution in [0.2, 0.25) is 0 Å². The molecule has 0 aliphatic rings. The first-order valence-electron chi connectivity index (χ1n) is 12.8. The molecule has 0 saturated carbocycles. The molecule has 0 atom stereocenters. The third-order valence-electron chi connectivity index (χ3n) is 5.91. The third-order valence-corrected chi connectivity index (χ3v) is 7.04. The van der Waals surface area contributed by atoms with E-state index in [1.165, 1.54) is 6.26 Å². The molecular weight excluding hydrogens is 532 g/mol. The van der Waals surface area contributed by atoms with Gasteiger partial charge in [0.1, 0.15) is 5.60 Å². The maximum Gasteiger partial charge on any atom is 0.407 e. The van der Waals surface area contributed by atoms with E-state index in [0.717, 1.165) is 22.5 Å². The van der Waals surface area contributed by atoms with Gasteiger partial charge in [-0.3, -0.25) is 0 Å². The summed E-state index contributed by atoms with van der Waals surface area (Å²) in [6.45, 7) is 8.14. The van der Waals surface area contributed by atoms with Crippen molar-refractivity contribution in [2.45, 2.75) is 44.6 Å². The van der Waals surface area contributed by atoms with Crippen LogP contribution in [0.25, 0.3) is 28.2 Å². The van der Waals surface area contributed by atoms with Gasteiger partial charge in [-0.1, -0.05) is 12.1 Å². The van der Waals surface area contributed by atoms with Crippen molar-refractivity contribution in [3.05, 3.63) is 60.3 Å². The summed E-state index contributed by atoms with van der Waals surface area (Å²) in [6, 6.07) is 16.1. The van der Waals surface area contributed by atoms with Crippen LogP contribution >= 0.6 is 0 Å². The van der Waals surface area contributed by atoms with Crippen molar-refractivity contribution >= 4 is 21.6 Å². The Hall–Kier alpha value is -4.12. The zero-order chi connectivity index (χ0) is 29.1. The molecular formula is C29H34N4O6S. The lowest BCUT2D eigenvalue weighted by Gasteiger charge is -2.19. The summed E-state index contributed by atoms with van der Waals surface area (Å²) >= 11 is 0. The molecule has 10 nitrogen and oxygen atoms in total. The number of hydrogen-bond donors (Lipinski definition) is 1. The van der Waals surface area contributed by atoms with Gasteiger partial charge in [-0.25, -0.2) is 22.7 Å². The number of benzene rings is 2. The Balaban J connectivity index is 1.50. The number of imidazole rings is 1. The summed E-state index contributed by atoms with van der Waals surface area (Å²) in [7, 11) is -1.72. The van der Waals surface area contributed by atoms with Gasteiger partial charge in [0, 0.05) is 23.9 Å². The molecule has 4 rings (SSSR count). The van der Waals surface area contributed by atoms with Crippen molar-refractivity contribution in [1.29, 1.82) is 0 Å². The molecule has 0 spiro atoms. The number of nitrogens with one attached hydrogen (secondary N) is 1. The minimum atomic E-state index is -3.29. The maximum absolute atomic E-state index is 11.9. The lowest BCUT2D eigenvalue weighted by atomic mass is 10.1. The summed E-state index contributed by atoms with van der Waals surface area (Å²) in [4.78, 5) is 16.6. The van der Waals surface area contributed by atoms with E-state index in [4.69, 9.17) is 19.3 Å². The predicted octanol–water partition coefficient (Wildman–Crippen LogP) is 5.08. The van der Waals surface area contributed by atoms with Crippen LogP contribution in [0.5, 0.6) is 11.5 Å². The molecule has 1 N–H and O–H groups in total. The Morgan fingerprint density at radius 3 is 2.35 bits per heavy atom. The standard InChI is InChI=1S/C29H34N4O6S/c1-19-27(20-8-11-22(12-9-20)40(6,35)36)33-26(31-19)15-13-23(32-33)21-10-14-24(25(18-21)37-5)38-17-7-16-30-28(34)39-29(2,3)4/h8-15,18H,7,16-17H2,1-6H3,(H,30,34). The molecule has 0 saturated heterocycles. The number of ether oxygens (including phenoxy) is 3. The normalized spacial score (nSPS) is 11.8. The van der Waals surface area contributed by atoms with E-state index in [1.807, 2.05) is 58.0 Å². The second-order valence-electron chi connectivity index (χ2n) is 10.3. The first-order chi connectivity index (χ1) is 18.9. The molecule has 212 valence electrons. The van der Waals surface area contributed by atoms with Gasteiger partial charge in [-0.05, 0) is 76.6 Å². The SMILES string of the molecule is COc1cc(-c2ccc3nc(C)c(-c4ccc(S(C)(=O)=O)cc4)n3n2)ccc1OCCCNC(=O)OC(C)(C)C. The summed E-state index contributed by atoms with van der Waals surface area (Å²) in [6.07, 6.45) is 1.32. The Kier molecular flexibility index (Phi) is 8.34. The summed E-state index contributed by atoms with van der Waals surface area (Å²) < 4.78 is 42.2. The van der Waals surface area contributed by atoms with E-state index >= 15 is 0 Å². The monoisotopic (exact) mass is 566 g/mol. The molecule has 1 amide bonds. The van der Waals surface area contributed by atoms with Gasteiger partial charge >= 0.3 is 6.09 Å². The molecule has 0 aliphatic carbocycles. The number of amides is 1. The molecule has 11 heteroatoms. The number of aryl methyl sites for hydroxylation is 1. The van der Waals surface area contributed by atoms with Gasteiger partial charge in [-0.15, -0.1) is 0 Å². The second-order valence-corrected chi connectivity index (χ2v) is 12.3. The Morgan fingerprint density at radius 1 is 1.00 bits per heavy atom. The zero-order valence-corrected chi connectivity index (χ0v) is 24.3. The maximum atomic E-state index is 11.9. The molecule has 2 heterocycles. The molecule has 0 aliphatic heterocycles. The van der Waals surface area contributed by atoms with E-state index < -0.39 is 21.5 Å². The number of carbonyl (C=O) groups excluding carboxylic acids is 1. The number of aromatic nitrogens is 3. The van der Waals surface area contributed by atoms with Crippen LogP contribution in [0, 0.1) is 6.92 Å². The van der Waals surface area contributed by atoms with Gasteiger partial charge in [0.05, 0.1) is 35.7 Å². The van der Waals surface area contributed by atoms with Gasteiger partial charge in [0.2, 0.25) is 0 Å². The van der Waals surface area contributed by atoms with E-state index in [9.17, 15) is 13.2 Å². The van der Waals surface area contributed by atoms with E-state index in [-0.39, 0.29) is 4.90 Å². The van der Waals surface area contributed by atoms with Crippen molar-refractivity contribution in [3.8, 4) is 34.0 Å². The number of methoxy groups -OCH3 is 1. The molecule has 2 aromatic heterocycles. The van der Waals surface area contributed by atoms with Crippen LogP contribution < -0.4 is 14.8 Å². The van der Waals surface area contributed by atoms with Crippen LogP contribution in [-0.4, -0.2) is 61.2 Å². The Morgan fingerprint density at radius 2 is 1.70 bits per heavy atom. The largest absolute Gasteiger partial charge is 0.493 e. The van der Waals surface area contributed by atoms with Crippen molar-refractivity contribution in [2.75, 3.05) is 26.5 Å². The topological polar surface area (TPSA) is 121 Å². The van der Waals surface area contributed by atoms with Crippen molar-refractivity contribution < 1.29 is 27.4 Å². The molecule has 0 bridgehead atoms. The van der Waals surface area contributed by atoms with Gasteiger partial charge in [0.15, 0.2) is 27.0 Å². The molecule has 0 fully saturated rings. The average Bonchev–Trinajstić information content (AvgIpc) is 3.21. The lowest BCUT2D eigenvalue weighted by molar-refractivity contribution is 0.0525. The second kappa shape index (κ2) is 11.5. The Bertz CT molecular complexity index is 1620. The van der Waals surface area contributed by atoms with Crippen LogP contribution in [0.4, 0.5) is 4.79 Å². The van der Waals surface area contributed by atoms with Crippen LogP contribution in [0.1, 0.15) is 32.9 Å². The molecule has 2 aromatic carbocycles. The third kappa shape index (κ3) is 6.90. The molecule has 40 heavy (non-hydrogen) atoms. The lowest BCUT2D eigenvalue weighted by Crippen LogP contribution is -2.33. The van der Waals surface area contributed by atoms with Crippen LogP contribution in [0.15, 0.2) is 59.5 Å². The number of carbonyl (C=O) groups is 1. The first-order valence-corrected chi connectivity index (χ1v) is 14.7. The minimum absolute atomic E-state index is 0.255. The fourth-order valence-electron chi connectivity index (χ4n) is 4.09. The van der Waals surface area contributed by atoms with Crippen LogP contribution in [0.3, 0.4) is 0 Å². The highest BCUT2D eigenvalue weighted by Crippen LogP contribution is 2.33. The van der Waals surface area contributed by atoms with E-state index in [2.05, 4.69) is 10.3 Å². The van der Waals surface area contributed by atoms with Gasteiger partial charge < -0.3 is 19.5 Å². The van der Waals surface area contributed by atoms with Gasteiger partial charge in [-0.2, -0.15) is 5.10 Å². The number of sulfone groups is 1. The van der Waals surface area contributed by atoms with Crippen molar-refractivity contribution in [1.82, 2.24) is 19.9 Å². The molecule has 4 aromatic rings. The number of nitrogens with zero attached hydrogens (tertiary/aromatic N) is 3. The quantitative estimate of drug-likeness (QED) is 0.279. The fourth-order valence-corrected chi connectivity index (χ4v) is 4.72. The number of fused-ring (bicyclic) bond motifs is 1. The summed E-state index contributed by atoms with van der Waals surface area (Å²) in [5.74, 6) is 1.13. The highest BCUT2D eigenvalue weighted by atomic mass is 32.2. The smallest absolute Gasteiger partial charge is 0.407 e. The van der Waals surface area contributed by atoms with Gasteiger partial charge in [0.25, 0.3) is 0 Å².